The second kappa shape index (κ2) is 4.93. The van der Waals surface area contributed by atoms with Gasteiger partial charge in [0.05, 0.1) is 5.69 Å². The summed E-state index contributed by atoms with van der Waals surface area (Å²) in [5, 5.41) is 3.01. The summed E-state index contributed by atoms with van der Waals surface area (Å²) in [7, 11) is 0. The molecule has 0 aliphatic carbocycles. The quantitative estimate of drug-likeness (QED) is 0.908. The molecule has 2 rings (SSSR count). The highest BCUT2D eigenvalue weighted by molar-refractivity contribution is 5.91. The largest absolute Gasteiger partial charge is 0.310 e. The fraction of sp³-hybridized carbons (Fsp3) is 0.500. The van der Waals surface area contributed by atoms with Gasteiger partial charge in [-0.1, -0.05) is 20.8 Å². The Labute approximate surface area is 120 Å². The van der Waals surface area contributed by atoms with Crippen LogP contribution in [0.1, 0.15) is 44.1 Å². The molecule has 108 valence electrons. The van der Waals surface area contributed by atoms with Gasteiger partial charge < -0.3 is 5.32 Å². The SMILES string of the molecule is Cc1cc(C)n2c(NC(=O)CC(C)(C)C)c(C)nc2c1. The van der Waals surface area contributed by atoms with Crippen LogP contribution in [0, 0.1) is 26.2 Å². The summed E-state index contributed by atoms with van der Waals surface area (Å²) in [5.41, 5.74) is 3.95. The molecule has 0 atom stereocenters. The van der Waals surface area contributed by atoms with Crippen LogP contribution in [-0.4, -0.2) is 15.3 Å². The molecule has 0 aliphatic heterocycles. The smallest absolute Gasteiger partial charge is 0.226 e. The van der Waals surface area contributed by atoms with Crippen LogP contribution in [0.4, 0.5) is 5.82 Å². The highest BCUT2D eigenvalue weighted by Gasteiger charge is 2.19. The summed E-state index contributed by atoms with van der Waals surface area (Å²) in [6.45, 7) is 12.2. The van der Waals surface area contributed by atoms with E-state index in [4.69, 9.17) is 0 Å². The summed E-state index contributed by atoms with van der Waals surface area (Å²) >= 11 is 0. The number of anilines is 1. The Morgan fingerprint density at radius 3 is 2.50 bits per heavy atom. The number of carbonyl (C=O) groups is 1. The minimum absolute atomic E-state index is 0.0237. The van der Waals surface area contributed by atoms with Crippen molar-refractivity contribution in [2.24, 2.45) is 5.41 Å². The Kier molecular flexibility index (Phi) is 3.59. The second-order valence-corrected chi connectivity index (χ2v) is 6.70. The van der Waals surface area contributed by atoms with Gasteiger partial charge >= 0.3 is 0 Å². The van der Waals surface area contributed by atoms with Gasteiger partial charge in [0, 0.05) is 12.1 Å². The molecule has 4 heteroatoms. The second-order valence-electron chi connectivity index (χ2n) is 6.70. The van der Waals surface area contributed by atoms with Gasteiger partial charge in [-0.3, -0.25) is 9.20 Å². The number of aromatic nitrogens is 2. The van der Waals surface area contributed by atoms with Gasteiger partial charge in [0.15, 0.2) is 0 Å². The predicted molar refractivity (Wildman–Crippen MR) is 82.1 cm³/mol. The maximum absolute atomic E-state index is 12.1. The molecule has 2 aromatic rings. The minimum atomic E-state index is -0.0237. The van der Waals surface area contributed by atoms with E-state index >= 15 is 0 Å². The number of nitrogens with zero attached hydrogens (tertiary/aromatic N) is 2. The van der Waals surface area contributed by atoms with E-state index in [1.165, 1.54) is 5.56 Å². The van der Waals surface area contributed by atoms with E-state index in [0.717, 1.165) is 22.9 Å². The molecular weight excluding hydrogens is 250 g/mol. The molecule has 0 aromatic carbocycles. The average Bonchev–Trinajstić information content (AvgIpc) is 2.51. The molecule has 0 unspecified atom stereocenters. The van der Waals surface area contributed by atoms with Crippen molar-refractivity contribution in [3.8, 4) is 0 Å². The molecule has 0 spiro atoms. The Morgan fingerprint density at radius 1 is 1.25 bits per heavy atom. The molecule has 4 nitrogen and oxygen atoms in total. The van der Waals surface area contributed by atoms with Crippen molar-refractivity contribution in [1.29, 1.82) is 0 Å². The van der Waals surface area contributed by atoms with E-state index in [2.05, 4.69) is 44.1 Å². The maximum atomic E-state index is 12.1. The first kappa shape index (κ1) is 14.6. The van der Waals surface area contributed by atoms with Crippen molar-refractivity contribution < 1.29 is 4.79 Å². The molecule has 1 amide bonds. The number of amides is 1. The number of pyridine rings is 1. The number of carbonyl (C=O) groups excluding carboxylic acids is 1. The van der Waals surface area contributed by atoms with Crippen LogP contribution >= 0.6 is 0 Å². The third kappa shape index (κ3) is 3.00. The molecule has 20 heavy (non-hydrogen) atoms. The zero-order chi connectivity index (χ0) is 15.1. The molecule has 0 aliphatic rings. The molecule has 0 saturated heterocycles. The van der Waals surface area contributed by atoms with E-state index in [1.54, 1.807) is 0 Å². The summed E-state index contributed by atoms with van der Waals surface area (Å²) in [5.74, 6) is 0.814. The van der Waals surface area contributed by atoms with Crippen LogP contribution in [-0.2, 0) is 4.79 Å². The third-order valence-corrected chi connectivity index (χ3v) is 3.17. The molecule has 0 bridgehead atoms. The molecule has 2 aromatic heterocycles. The fourth-order valence-electron chi connectivity index (χ4n) is 2.45. The van der Waals surface area contributed by atoms with Gasteiger partial charge in [0.1, 0.15) is 11.5 Å². The fourth-order valence-corrected chi connectivity index (χ4v) is 2.45. The summed E-state index contributed by atoms with van der Waals surface area (Å²) in [6, 6.07) is 4.12. The van der Waals surface area contributed by atoms with Crippen molar-refractivity contribution >= 4 is 17.4 Å². The van der Waals surface area contributed by atoms with E-state index in [1.807, 2.05) is 24.3 Å². The van der Waals surface area contributed by atoms with Gasteiger partial charge in [0.2, 0.25) is 5.91 Å². The van der Waals surface area contributed by atoms with E-state index < -0.39 is 0 Å². The number of hydrogen-bond donors (Lipinski definition) is 1. The zero-order valence-corrected chi connectivity index (χ0v) is 13.2. The maximum Gasteiger partial charge on any atom is 0.226 e. The Bertz CT molecular complexity index is 662. The molecule has 0 radical (unpaired) electrons. The van der Waals surface area contributed by atoms with Gasteiger partial charge in [-0.05, 0) is 43.9 Å². The highest BCUT2D eigenvalue weighted by atomic mass is 16.1. The number of fused-ring (bicyclic) bond motifs is 1. The van der Waals surface area contributed by atoms with Gasteiger partial charge in [-0.2, -0.15) is 0 Å². The highest BCUT2D eigenvalue weighted by Crippen LogP contribution is 2.23. The molecular formula is C16H23N3O. The topological polar surface area (TPSA) is 46.4 Å². The minimum Gasteiger partial charge on any atom is -0.310 e. The van der Waals surface area contributed by atoms with Gasteiger partial charge in [-0.25, -0.2) is 4.98 Å². The van der Waals surface area contributed by atoms with Crippen molar-refractivity contribution in [2.75, 3.05) is 5.32 Å². The first-order valence-corrected chi connectivity index (χ1v) is 6.93. The number of imidazole rings is 1. The third-order valence-electron chi connectivity index (χ3n) is 3.17. The van der Waals surface area contributed by atoms with Crippen molar-refractivity contribution in [3.63, 3.8) is 0 Å². The van der Waals surface area contributed by atoms with Crippen LogP contribution in [0.2, 0.25) is 0 Å². The first-order chi connectivity index (χ1) is 9.17. The van der Waals surface area contributed by atoms with Crippen LogP contribution < -0.4 is 5.32 Å². The molecule has 1 N–H and O–H groups in total. The van der Waals surface area contributed by atoms with E-state index in [-0.39, 0.29) is 11.3 Å². The van der Waals surface area contributed by atoms with Gasteiger partial charge in [0.25, 0.3) is 0 Å². The summed E-state index contributed by atoms with van der Waals surface area (Å²) in [6.07, 6.45) is 0.491. The monoisotopic (exact) mass is 273 g/mol. The lowest BCUT2D eigenvalue weighted by molar-refractivity contribution is -0.117. The summed E-state index contributed by atoms with van der Waals surface area (Å²) < 4.78 is 2.00. The van der Waals surface area contributed by atoms with Crippen molar-refractivity contribution in [2.45, 2.75) is 48.0 Å². The first-order valence-electron chi connectivity index (χ1n) is 6.93. The lowest BCUT2D eigenvalue weighted by Gasteiger charge is -2.17. The Balaban J connectivity index is 2.40. The zero-order valence-electron chi connectivity index (χ0n) is 13.2. The molecule has 0 saturated carbocycles. The Morgan fingerprint density at radius 2 is 1.90 bits per heavy atom. The predicted octanol–water partition coefficient (Wildman–Crippen LogP) is 3.63. The molecule has 2 heterocycles. The number of hydrogen-bond acceptors (Lipinski definition) is 2. The van der Waals surface area contributed by atoms with Crippen molar-refractivity contribution in [3.05, 3.63) is 29.1 Å². The van der Waals surface area contributed by atoms with Crippen LogP contribution in [0.5, 0.6) is 0 Å². The number of aryl methyl sites for hydroxylation is 3. The lowest BCUT2D eigenvalue weighted by Crippen LogP contribution is -2.21. The van der Waals surface area contributed by atoms with E-state index in [9.17, 15) is 4.79 Å². The van der Waals surface area contributed by atoms with Crippen LogP contribution in [0.3, 0.4) is 0 Å². The molecule has 0 fully saturated rings. The van der Waals surface area contributed by atoms with Crippen LogP contribution in [0.15, 0.2) is 12.1 Å². The van der Waals surface area contributed by atoms with Crippen LogP contribution in [0.25, 0.3) is 5.65 Å². The normalized spacial score (nSPS) is 11.9. The number of nitrogens with one attached hydrogen (secondary N) is 1. The summed E-state index contributed by atoms with van der Waals surface area (Å²) in [4.78, 5) is 16.7. The lowest BCUT2D eigenvalue weighted by atomic mass is 9.92. The van der Waals surface area contributed by atoms with Crippen molar-refractivity contribution in [1.82, 2.24) is 9.38 Å². The van der Waals surface area contributed by atoms with Gasteiger partial charge in [-0.15, -0.1) is 0 Å². The average molecular weight is 273 g/mol. The number of rotatable bonds is 2. The Hall–Kier alpha value is -1.84. The standard InChI is InChI=1S/C16H23N3O/c1-10-7-11(2)19-13(8-10)17-12(3)15(19)18-14(20)9-16(4,5)6/h7-8H,9H2,1-6H3,(H,18,20). The van der Waals surface area contributed by atoms with E-state index in [0.29, 0.717) is 6.42 Å².